The number of aliphatic hydroxyl groups is 3. The summed E-state index contributed by atoms with van der Waals surface area (Å²) < 4.78 is 23.6. The maximum absolute atomic E-state index is 14.5. The van der Waals surface area contributed by atoms with E-state index in [-0.39, 0.29) is 44.5 Å². The van der Waals surface area contributed by atoms with E-state index in [1.807, 2.05) is 6.07 Å². The van der Waals surface area contributed by atoms with Crippen LogP contribution in [0, 0.1) is 30.6 Å². The largest absolute Gasteiger partial charge is 0.507 e. The standard InChI is InChI=1S/C48H61N3O13/c1-23-16-15-17-24(2)47(60)50-37-32(22-49-51(10)29(7)41(56)31-18-13-12-14-19-31)42(57)34-35(43(37)58)40(55)28(6)45-36(34)46(59)48(9,64-45)62-21-20-33(61-11)25(3)44(63-30(8)52)27(5)39(54)26(4)38(23)53/h12-23,25-27,29,33,38-39,41,44,53-58H,1-11H3,(H,50,60)/t23-,25-,26-,27-,29+,33+,38-,39-,41-,44-,48-/m0/s1. The Morgan fingerprint density at radius 1 is 0.953 bits per heavy atom. The van der Waals surface area contributed by atoms with E-state index >= 15 is 0 Å². The Bertz CT molecular complexity index is 2360. The number of anilines is 1. The zero-order chi connectivity index (χ0) is 47.5. The van der Waals surface area contributed by atoms with E-state index in [9.17, 15) is 45.0 Å². The Kier molecular flexibility index (Phi) is 15.2. The molecule has 0 saturated carbocycles. The van der Waals surface area contributed by atoms with Crippen molar-refractivity contribution in [1.82, 2.24) is 5.01 Å². The van der Waals surface area contributed by atoms with E-state index in [1.165, 1.54) is 58.2 Å². The number of Topliss-reactive ketones (excluding diaryl/α,β-unsaturated/α-hetero) is 1. The number of nitrogens with one attached hydrogen (secondary N) is 1. The van der Waals surface area contributed by atoms with Crippen molar-refractivity contribution in [2.24, 2.45) is 28.8 Å². The SMILES string of the molecule is CO[C@@H]1C=CO[C@@]2(C)Oc3c(C)c(O)c4c(O)c(c(C=NN(C)[C@H](C)[C@H](O)c5ccccc5)c(O)c4c3C2=O)NC(=O)C(C)=CC=C[C@H](C)[C@H](O)[C@H](C)[C@H](O)[C@H](C)[C@@H](OC(C)=O)[C@H]1C. The molecule has 0 saturated heterocycles. The third-order valence-corrected chi connectivity index (χ3v) is 12.6. The van der Waals surface area contributed by atoms with E-state index in [2.05, 4.69) is 10.4 Å². The van der Waals surface area contributed by atoms with Crippen molar-refractivity contribution in [3.8, 4) is 23.0 Å². The maximum atomic E-state index is 14.5. The van der Waals surface area contributed by atoms with Crippen LogP contribution >= 0.6 is 0 Å². The Labute approximate surface area is 373 Å². The minimum Gasteiger partial charge on any atom is -0.507 e. The predicted molar refractivity (Wildman–Crippen MR) is 240 cm³/mol. The number of benzene rings is 3. The summed E-state index contributed by atoms with van der Waals surface area (Å²) in [6.07, 6.45) is 3.51. The number of ketones is 1. The zero-order valence-corrected chi connectivity index (χ0v) is 38.1. The summed E-state index contributed by atoms with van der Waals surface area (Å²) in [4.78, 5) is 40.8. The molecule has 6 rings (SSSR count). The summed E-state index contributed by atoms with van der Waals surface area (Å²) in [7, 11) is 3.00. The fourth-order valence-electron chi connectivity index (χ4n) is 8.26. The minimum absolute atomic E-state index is 0.0152. The van der Waals surface area contributed by atoms with Crippen molar-refractivity contribution in [3.05, 3.63) is 88.7 Å². The van der Waals surface area contributed by atoms with Crippen molar-refractivity contribution in [2.75, 3.05) is 19.5 Å². The molecular formula is C48H61N3O13. The Balaban J connectivity index is 1.71. The molecule has 3 heterocycles. The molecule has 5 bridgehead atoms. The molecule has 346 valence electrons. The molecule has 3 aliphatic rings. The van der Waals surface area contributed by atoms with Crippen molar-refractivity contribution in [2.45, 2.75) is 105 Å². The number of rotatable bonds is 7. The first kappa shape index (κ1) is 49.1. The van der Waals surface area contributed by atoms with Gasteiger partial charge in [0, 0.05) is 68.2 Å². The van der Waals surface area contributed by atoms with E-state index in [0.29, 0.717) is 5.56 Å². The number of amides is 1. The lowest BCUT2D eigenvalue weighted by Gasteiger charge is -2.38. The average molecular weight is 888 g/mol. The summed E-state index contributed by atoms with van der Waals surface area (Å²) in [5.41, 5.74) is -0.0862. The number of likely N-dealkylation sites (N-methyl/N-ethyl adjacent to an activating group) is 1. The highest BCUT2D eigenvalue weighted by Gasteiger charge is 2.50. The highest BCUT2D eigenvalue weighted by molar-refractivity contribution is 6.23. The van der Waals surface area contributed by atoms with Gasteiger partial charge in [-0.15, -0.1) is 0 Å². The van der Waals surface area contributed by atoms with Gasteiger partial charge in [-0.3, -0.25) is 19.4 Å². The lowest BCUT2D eigenvalue weighted by atomic mass is 9.78. The van der Waals surface area contributed by atoms with Crippen LogP contribution in [-0.2, 0) is 23.8 Å². The van der Waals surface area contributed by atoms with Crippen molar-refractivity contribution >= 4 is 40.3 Å². The molecule has 3 aromatic rings. The van der Waals surface area contributed by atoms with Gasteiger partial charge in [0.15, 0.2) is 5.75 Å². The molecule has 0 fully saturated rings. The fourth-order valence-corrected chi connectivity index (χ4v) is 8.26. The van der Waals surface area contributed by atoms with Gasteiger partial charge >= 0.3 is 11.8 Å². The number of nitrogens with zero attached hydrogens (tertiary/aromatic N) is 2. The number of hydrazone groups is 1. The third-order valence-electron chi connectivity index (χ3n) is 12.6. The number of phenols is 3. The number of phenolic OH excluding ortho intramolecular Hbond substituents is 3. The number of ether oxygens (including phenoxy) is 4. The number of hydrogen-bond donors (Lipinski definition) is 7. The fraction of sp³-hybridized carbons (Fsp3) is 0.458. The number of esters is 1. The van der Waals surface area contributed by atoms with Crippen molar-refractivity contribution in [1.29, 1.82) is 0 Å². The molecule has 16 nitrogen and oxygen atoms in total. The van der Waals surface area contributed by atoms with Gasteiger partial charge < -0.3 is 54.9 Å². The number of carbonyl (C=O) groups excluding carboxylic acids is 3. The molecule has 1 amide bonds. The predicted octanol–water partition coefficient (Wildman–Crippen LogP) is 6.14. The third kappa shape index (κ3) is 9.60. The molecule has 3 aliphatic heterocycles. The minimum atomic E-state index is -2.09. The van der Waals surface area contributed by atoms with Crippen molar-refractivity contribution < 1.29 is 64.0 Å². The first-order valence-electron chi connectivity index (χ1n) is 21.2. The molecule has 64 heavy (non-hydrogen) atoms. The molecule has 11 atom stereocenters. The van der Waals surface area contributed by atoms with Gasteiger partial charge in [-0.25, -0.2) is 0 Å². The summed E-state index contributed by atoms with van der Waals surface area (Å²) in [6, 6.07) is 8.28. The lowest BCUT2D eigenvalue weighted by molar-refractivity contribution is -0.160. The van der Waals surface area contributed by atoms with Crippen LogP contribution in [0.2, 0.25) is 0 Å². The number of fused-ring (bicyclic) bond motifs is 14. The average Bonchev–Trinajstić information content (AvgIpc) is 3.53. The molecule has 0 aromatic heterocycles. The summed E-state index contributed by atoms with van der Waals surface area (Å²) in [6.45, 7) is 14.1. The highest BCUT2D eigenvalue weighted by atomic mass is 16.7. The van der Waals surface area contributed by atoms with Gasteiger partial charge in [0.05, 0.1) is 59.0 Å². The lowest BCUT2D eigenvalue weighted by Crippen LogP contribution is -2.46. The number of hydrogen-bond acceptors (Lipinski definition) is 15. The van der Waals surface area contributed by atoms with Gasteiger partial charge in [-0.1, -0.05) is 76.3 Å². The van der Waals surface area contributed by atoms with E-state index in [4.69, 9.17) is 18.9 Å². The first-order valence-corrected chi connectivity index (χ1v) is 21.2. The molecule has 0 unspecified atom stereocenters. The molecule has 0 spiro atoms. The van der Waals surface area contributed by atoms with Crippen LogP contribution in [0.5, 0.6) is 23.0 Å². The number of carbonyl (C=O) groups is 3. The van der Waals surface area contributed by atoms with Crippen LogP contribution < -0.4 is 10.1 Å². The molecule has 16 heteroatoms. The quantitative estimate of drug-likeness (QED) is 0.0464. The van der Waals surface area contributed by atoms with Crippen LogP contribution in [-0.4, -0.2) is 110 Å². The maximum Gasteiger partial charge on any atom is 0.312 e. The second-order valence-electron chi connectivity index (χ2n) is 17.0. The number of methoxy groups -OCH3 is 1. The van der Waals surface area contributed by atoms with Crippen LogP contribution in [0.3, 0.4) is 0 Å². The second kappa shape index (κ2) is 19.8. The number of aromatic hydroxyl groups is 3. The van der Waals surface area contributed by atoms with E-state index in [0.717, 1.165) is 6.21 Å². The van der Waals surface area contributed by atoms with Gasteiger partial charge in [0.25, 0.3) is 11.7 Å². The van der Waals surface area contributed by atoms with Crippen LogP contribution in [0.1, 0.15) is 88.5 Å². The van der Waals surface area contributed by atoms with Gasteiger partial charge in [-0.05, 0) is 32.4 Å². The van der Waals surface area contributed by atoms with Gasteiger partial charge in [0.1, 0.15) is 29.5 Å². The zero-order valence-electron chi connectivity index (χ0n) is 38.1. The Morgan fingerprint density at radius 3 is 2.23 bits per heavy atom. The van der Waals surface area contributed by atoms with Crippen LogP contribution in [0.25, 0.3) is 10.8 Å². The van der Waals surface area contributed by atoms with E-state index < -0.39 is 101 Å². The monoisotopic (exact) mass is 887 g/mol. The smallest absolute Gasteiger partial charge is 0.312 e. The summed E-state index contributed by atoms with van der Waals surface area (Å²) in [5.74, 6) is -8.88. The highest BCUT2D eigenvalue weighted by Crippen LogP contribution is 2.55. The van der Waals surface area contributed by atoms with Gasteiger partial charge in [-0.2, -0.15) is 5.10 Å². The van der Waals surface area contributed by atoms with Crippen LogP contribution in [0.15, 0.2) is 71.6 Å². The van der Waals surface area contributed by atoms with Gasteiger partial charge in [0.2, 0.25) is 0 Å². The van der Waals surface area contributed by atoms with E-state index in [1.54, 1.807) is 78.1 Å². The first-order chi connectivity index (χ1) is 30.1. The second-order valence-corrected chi connectivity index (χ2v) is 17.0. The van der Waals surface area contributed by atoms with Crippen molar-refractivity contribution in [3.63, 3.8) is 0 Å². The van der Waals surface area contributed by atoms with Crippen LogP contribution in [0.4, 0.5) is 5.69 Å². The topological polar surface area (TPSA) is 237 Å². The Hall–Kier alpha value is -5.94. The summed E-state index contributed by atoms with van der Waals surface area (Å²) >= 11 is 0. The molecule has 0 radical (unpaired) electrons. The Morgan fingerprint density at radius 2 is 1.61 bits per heavy atom. The molecule has 3 aromatic carbocycles. The molecular weight excluding hydrogens is 827 g/mol. The summed E-state index contributed by atoms with van der Waals surface area (Å²) in [5, 5.41) is 77.8. The number of aliphatic hydroxyl groups excluding tert-OH is 3. The number of allylic oxidation sites excluding steroid dienone is 2. The normalized spacial score (nSPS) is 27.8. The molecule has 7 N–H and O–H groups in total. The molecule has 0 aliphatic carbocycles.